The maximum absolute atomic E-state index is 12.7. The molecule has 0 aromatic carbocycles. The van der Waals surface area contributed by atoms with Gasteiger partial charge in [0.05, 0.1) is 0 Å². The molecule has 1 aliphatic heterocycles. The van der Waals surface area contributed by atoms with Crippen molar-refractivity contribution in [3.63, 3.8) is 0 Å². The van der Waals surface area contributed by atoms with Gasteiger partial charge in [-0.15, -0.1) is 11.3 Å². The zero-order valence-corrected chi connectivity index (χ0v) is 16.1. The molecule has 0 saturated carbocycles. The lowest BCUT2D eigenvalue weighted by molar-refractivity contribution is -0.132. The predicted octanol–water partition coefficient (Wildman–Crippen LogP) is 3.73. The van der Waals surface area contributed by atoms with Gasteiger partial charge in [-0.1, -0.05) is 6.07 Å². The second-order valence-electron chi connectivity index (χ2n) is 7.03. The van der Waals surface area contributed by atoms with E-state index in [9.17, 15) is 4.79 Å². The van der Waals surface area contributed by atoms with Gasteiger partial charge in [0, 0.05) is 61.6 Å². The number of amides is 1. The number of piperidine rings is 1. The third-order valence-electron chi connectivity index (χ3n) is 5.15. The molecule has 0 unspecified atom stereocenters. The fraction of sp³-hybridized carbons (Fsp3) is 0.381. The molecule has 4 heterocycles. The molecule has 1 fully saturated rings. The number of imidazole rings is 1. The lowest BCUT2D eigenvalue weighted by atomic mass is 9.96. The summed E-state index contributed by atoms with van der Waals surface area (Å²) in [5.74, 6) is 1.66. The van der Waals surface area contributed by atoms with Gasteiger partial charge in [0.15, 0.2) is 0 Å². The van der Waals surface area contributed by atoms with Crippen LogP contribution in [-0.4, -0.2) is 38.4 Å². The minimum Gasteiger partial charge on any atom is -0.342 e. The summed E-state index contributed by atoms with van der Waals surface area (Å²) in [6, 6.07) is 8.22. The monoisotopic (exact) mass is 380 g/mol. The van der Waals surface area contributed by atoms with Crippen molar-refractivity contribution in [3.05, 3.63) is 70.7 Å². The summed E-state index contributed by atoms with van der Waals surface area (Å²) >= 11 is 1.72. The Balaban J connectivity index is 1.40. The van der Waals surface area contributed by atoms with Crippen LogP contribution in [0, 0.1) is 0 Å². The number of likely N-dealkylation sites (tertiary alicyclic amines) is 1. The van der Waals surface area contributed by atoms with E-state index < -0.39 is 0 Å². The Morgan fingerprint density at radius 3 is 2.93 bits per heavy atom. The summed E-state index contributed by atoms with van der Waals surface area (Å²) in [6.07, 6.45) is 11.1. The standard InChI is InChI=1S/C21H24N4OS/c26-20(6-5-19-4-2-14-27-19)24-12-1-3-18(16-24)21-23-11-13-25(21)15-17-7-9-22-10-8-17/h2,4,7-11,13-14,18H,1,3,5-6,12,15-16H2/t18-/m0/s1. The Kier molecular flexibility index (Phi) is 5.63. The van der Waals surface area contributed by atoms with Crippen LogP contribution < -0.4 is 0 Å². The average Bonchev–Trinajstić information content (AvgIpc) is 3.39. The van der Waals surface area contributed by atoms with Crippen LogP contribution in [0.2, 0.25) is 0 Å². The first-order valence-corrected chi connectivity index (χ1v) is 10.4. The maximum Gasteiger partial charge on any atom is 0.222 e. The van der Waals surface area contributed by atoms with E-state index in [-0.39, 0.29) is 5.91 Å². The summed E-state index contributed by atoms with van der Waals surface area (Å²) in [5.41, 5.74) is 1.21. The van der Waals surface area contributed by atoms with Crippen LogP contribution in [-0.2, 0) is 17.8 Å². The first kappa shape index (κ1) is 17.9. The normalized spacial score (nSPS) is 17.2. The number of nitrogens with zero attached hydrogens (tertiary/aromatic N) is 4. The highest BCUT2D eigenvalue weighted by molar-refractivity contribution is 7.09. The lowest BCUT2D eigenvalue weighted by Crippen LogP contribution is -2.39. The molecule has 1 saturated heterocycles. The van der Waals surface area contributed by atoms with Crippen LogP contribution in [0.4, 0.5) is 0 Å². The maximum atomic E-state index is 12.7. The second kappa shape index (κ2) is 8.48. The van der Waals surface area contributed by atoms with E-state index >= 15 is 0 Å². The first-order chi connectivity index (χ1) is 13.3. The molecule has 0 bridgehead atoms. The van der Waals surface area contributed by atoms with E-state index in [1.54, 1.807) is 11.3 Å². The van der Waals surface area contributed by atoms with Crippen LogP contribution in [0.1, 0.15) is 41.4 Å². The van der Waals surface area contributed by atoms with Crippen molar-refractivity contribution in [2.75, 3.05) is 13.1 Å². The molecule has 1 atom stereocenters. The Bertz CT molecular complexity index is 859. The van der Waals surface area contributed by atoms with E-state index in [0.29, 0.717) is 12.3 Å². The van der Waals surface area contributed by atoms with Crippen LogP contribution >= 0.6 is 11.3 Å². The number of hydrogen-bond donors (Lipinski definition) is 0. The van der Waals surface area contributed by atoms with Crippen molar-refractivity contribution < 1.29 is 4.79 Å². The summed E-state index contributed by atoms with van der Waals surface area (Å²) in [4.78, 5) is 24.7. The summed E-state index contributed by atoms with van der Waals surface area (Å²) in [7, 11) is 0. The third-order valence-corrected chi connectivity index (χ3v) is 6.09. The molecule has 3 aromatic heterocycles. The molecule has 1 amide bonds. The predicted molar refractivity (Wildman–Crippen MR) is 107 cm³/mol. The SMILES string of the molecule is O=C(CCc1cccs1)N1CCC[C@H](c2nccn2Cc2ccncc2)C1. The van der Waals surface area contributed by atoms with Crippen molar-refractivity contribution in [1.82, 2.24) is 19.4 Å². The van der Waals surface area contributed by atoms with Gasteiger partial charge in [0.2, 0.25) is 5.91 Å². The summed E-state index contributed by atoms with van der Waals surface area (Å²) in [6.45, 7) is 2.43. The van der Waals surface area contributed by atoms with E-state index in [1.165, 1.54) is 10.4 Å². The van der Waals surface area contributed by atoms with Gasteiger partial charge in [-0.3, -0.25) is 9.78 Å². The molecule has 1 aliphatic rings. The van der Waals surface area contributed by atoms with E-state index in [0.717, 1.165) is 44.7 Å². The molecular weight excluding hydrogens is 356 g/mol. The van der Waals surface area contributed by atoms with Crippen molar-refractivity contribution in [2.45, 2.75) is 38.1 Å². The fourth-order valence-electron chi connectivity index (χ4n) is 3.76. The van der Waals surface area contributed by atoms with E-state index in [2.05, 4.69) is 26.0 Å². The molecule has 3 aromatic rings. The number of aromatic nitrogens is 3. The minimum absolute atomic E-state index is 0.264. The highest BCUT2D eigenvalue weighted by Gasteiger charge is 2.27. The highest BCUT2D eigenvalue weighted by Crippen LogP contribution is 2.27. The highest BCUT2D eigenvalue weighted by atomic mass is 32.1. The van der Waals surface area contributed by atoms with Crippen molar-refractivity contribution in [3.8, 4) is 0 Å². The molecule has 0 N–H and O–H groups in total. The zero-order chi connectivity index (χ0) is 18.5. The van der Waals surface area contributed by atoms with Crippen molar-refractivity contribution >= 4 is 17.2 Å². The summed E-state index contributed by atoms with van der Waals surface area (Å²) < 4.78 is 2.21. The van der Waals surface area contributed by atoms with Crippen molar-refractivity contribution in [1.29, 1.82) is 0 Å². The van der Waals surface area contributed by atoms with Gasteiger partial charge < -0.3 is 9.47 Å². The number of pyridine rings is 1. The molecule has 0 radical (unpaired) electrons. The van der Waals surface area contributed by atoms with Crippen LogP contribution in [0.5, 0.6) is 0 Å². The molecule has 140 valence electrons. The van der Waals surface area contributed by atoms with Gasteiger partial charge in [-0.25, -0.2) is 4.98 Å². The van der Waals surface area contributed by atoms with Gasteiger partial charge in [0.25, 0.3) is 0 Å². The quantitative estimate of drug-likeness (QED) is 0.655. The average molecular weight is 381 g/mol. The Morgan fingerprint density at radius 2 is 2.11 bits per heavy atom. The molecular formula is C21H24N4OS. The fourth-order valence-corrected chi connectivity index (χ4v) is 4.47. The van der Waals surface area contributed by atoms with E-state index in [4.69, 9.17) is 0 Å². The number of hydrogen-bond acceptors (Lipinski definition) is 4. The van der Waals surface area contributed by atoms with Gasteiger partial charge in [0.1, 0.15) is 5.82 Å². The Hall–Kier alpha value is -2.47. The molecule has 27 heavy (non-hydrogen) atoms. The third kappa shape index (κ3) is 4.45. The molecule has 0 aliphatic carbocycles. The summed E-state index contributed by atoms with van der Waals surface area (Å²) in [5, 5.41) is 2.07. The first-order valence-electron chi connectivity index (χ1n) is 9.49. The zero-order valence-electron chi connectivity index (χ0n) is 15.3. The molecule has 0 spiro atoms. The Morgan fingerprint density at radius 1 is 1.22 bits per heavy atom. The van der Waals surface area contributed by atoms with E-state index in [1.807, 2.05) is 47.9 Å². The molecule has 4 rings (SSSR count). The lowest BCUT2D eigenvalue weighted by Gasteiger charge is -2.33. The smallest absolute Gasteiger partial charge is 0.222 e. The van der Waals surface area contributed by atoms with Crippen LogP contribution in [0.25, 0.3) is 0 Å². The van der Waals surface area contributed by atoms with Gasteiger partial charge in [-0.2, -0.15) is 0 Å². The molecule has 5 nitrogen and oxygen atoms in total. The number of carbonyl (C=O) groups is 1. The number of thiophene rings is 1. The Labute approximate surface area is 163 Å². The number of aryl methyl sites for hydroxylation is 1. The number of carbonyl (C=O) groups excluding carboxylic acids is 1. The second-order valence-corrected chi connectivity index (χ2v) is 8.06. The number of rotatable bonds is 6. The minimum atomic E-state index is 0.264. The van der Waals surface area contributed by atoms with Crippen LogP contribution in [0.15, 0.2) is 54.4 Å². The molecule has 6 heteroatoms. The van der Waals surface area contributed by atoms with Gasteiger partial charge in [-0.05, 0) is 48.4 Å². The van der Waals surface area contributed by atoms with Crippen molar-refractivity contribution in [2.24, 2.45) is 0 Å². The van der Waals surface area contributed by atoms with Gasteiger partial charge >= 0.3 is 0 Å². The van der Waals surface area contributed by atoms with Crippen LogP contribution in [0.3, 0.4) is 0 Å². The topological polar surface area (TPSA) is 51.0 Å². The largest absolute Gasteiger partial charge is 0.342 e.